The topological polar surface area (TPSA) is 51.6 Å². The molecule has 0 fully saturated rings. The number of nitrogens with zero attached hydrogens (tertiary/aromatic N) is 4. The smallest absolute Gasteiger partial charge is 0.0973 e. The first-order valence-electron chi connectivity index (χ1n) is 11.1. The van der Waals surface area contributed by atoms with Gasteiger partial charge in [-0.2, -0.15) is 0 Å². The first kappa shape index (κ1) is 19.9. The highest BCUT2D eigenvalue weighted by Crippen LogP contribution is 2.34. The molecule has 3 aromatic carbocycles. The van der Waals surface area contributed by atoms with Crippen LogP contribution in [0, 0.1) is 0 Å². The summed E-state index contributed by atoms with van der Waals surface area (Å²) in [5.74, 6) is 0. The van der Waals surface area contributed by atoms with Crippen molar-refractivity contribution >= 4 is 11.0 Å². The molecule has 0 unspecified atom stereocenters. The van der Waals surface area contributed by atoms with Crippen molar-refractivity contribution in [2.75, 3.05) is 0 Å². The van der Waals surface area contributed by atoms with Crippen molar-refractivity contribution < 1.29 is 0 Å². The number of rotatable bonds is 4. The molecule has 3 aromatic heterocycles. The van der Waals surface area contributed by atoms with E-state index in [0.717, 1.165) is 55.8 Å². The van der Waals surface area contributed by atoms with Crippen LogP contribution in [0.25, 0.3) is 55.8 Å². The van der Waals surface area contributed by atoms with Crippen LogP contribution < -0.4 is 0 Å². The first-order chi connectivity index (χ1) is 16.8. The zero-order chi connectivity index (χ0) is 22.7. The van der Waals surface area contributed by atoms with Crippen molar-refractivity contribution in [2.45, 2.75) is 0 Å². The minimum absolute atomic E-state index is 0.862. The number of hydrogen-bond donors (Lipinski definition) is 0. The predicted molar refractivity (Wildman–Crippen MR) is 137 cm³/mol. The number of fused-ring (bicyclic) bond motifs is 1. The summed E-state index contributed by atoms with van der Waals surface area (Å²) in [5, 5.41) is 0. The Kier molecular flexibility index (Phi) is 5.09. The van der Waals surface area contributed by atoms with Crippen molar-refractivity contribution in [3.8, 4) is 44.8 Å². The summed E-state index contributed by atoms with van der Waals surface area (Å²) in [6, 6.07) is 33.0. The average Bonchev–Trinajstić information content (AvgIpc) is 2.93. The zero-order valence-corrected chi connectivity index (χ0v) is 18.3. The van der Waals surface area contributed by atoms with Crippen LogP contribution in [-0.4, -0.2) is 19.9 Å². The van der Waals surface area contributed by atoms with Gasteiger partial charge in [0.25, 0.3) is 0 Å². The zero-order valence-electron chi connectivity index (χ0n) is 18.3. The lowest BCUT2D eigenvalue weighted by molar-refractivity contribution is 1.29. The highest BCUT2D eigenvalue weighted by atomic mass is 14.8. The largest absolute Gasteiger partial charge is 0.265 e. The lowest BCUT2D eigenvalue weighted by atomic mass is 9.97. The molecule has 6 rings (SSSR count). The number of hydrogen-bond acceptors (Lipinski definition) is 4. The van der Waals surface area contributed by atoms with Gasteiger partial charge in [0.15, 0.2) is 0 Å². The highest BCUT2D eigenvalue weighted by molar-refractivity contribution is 5.88. The molecule has 0 saturated heterocycles. The predicted octanol–water partition coefficient (Wildman–Crippen LogP) is 7.09. The lowest BCUT2D eigenvalue weighted by Gasteiger charge is -2.13. The van der Waals surface area contributed by atoms with Crippen LogP contribution in [0.4, 0.5) is 0 Å². The summed E-state index contributed by atoms with van der Waals surface area (Å²) in [4.78, 5) is 18.4. The van der Waals surface area contributed by atoms with Crippen LogP contribution in [0.5, 0.6) is 0 Å². The van der Waals surface area contributed by atoms with Gasteiger partial charge in [-0.25, -0.2) is 9.97 Å². The molecule has 0 aliphatic rings. The molecule has 0 spiro atoms. The van der Waals surface area contributed by atoms with E-state index in [0.29, 0.717) is 0 Å². The molecule has 4 nitrogen and oxygen atoms in total. The second kappa shape index (κ2) is 8.68. The quantitative estimate of drug-likeness (QED) is 0.296. The Morgan fingerprint density at radius 1 is 0.353 bits per heavy atom. The van der Waals surface area contributed by atoms with Crippen LogP contribution in [0.1, 0.15) is 0 Å². The van der Waals surface area contributed by atoms with Gasteiger partial charge >= 0.3 is 0 Å². The van der Waals surface area contributed by atoms with E-state index in [9.17, 15) is 0 Å². The normalized spacial score (nSPS) is 10.9. The highest BCUT2D eigenvalue weighted by Gasteiger charge is 2.15. The van der Waals surface area contributed by atoms with Gasteiger partial charge in [-0.3, -0.25) is 9.97 Å². The van der Waals surface area contributed by atoms with E-state index in [4.69, 9.17) is 9.97 Å². The van der Waals surface area contributed by atoms with Gasteiger partial charge in [-0.1, -0.05) is 48.5 Å². The van der Waals surface area contributed by atoms with Crippen molar-refractivity contribution in [1.29, 1.82) is 0 Å². The van der Waals surface area contributed by atoms with Crippen molar-refractivity contribution in [3.05, 3.63) is 122 Å². The van der Waals surface area contributed by atoms with Crippen LogP contribution in [0.15, 0.2) is 122 Å². The van der Waals surface area contributed by atoms with Gasteiger partial charge in [-0.15, -0.1) is 0 Å². The Hall–Kier alpha value is -4.70. The minimum Gasteiger partial charge on any atom is -0.265 e. The van der Waals surface area contributed by atoms with E-state index in [2.05, 4.69) is 58.5 Å². The third-order valence-corrected chi connectivity index (χ3v) is 5.87. The van der Waals surface area contributed by atoms with E-state index in [1.165, 1.54) is 0 Å². The van der Waals surface area contributed by atoms with E-state index >= 15 is 0 Å². The SMILES string of the molecule is c1cc(-c2ccncc2)cc(-c2nc3ccccc3nc2-c2cccc(-c3ccncc3)c2)c1. The molecule has 160 valence electrons. The molecule has 34 heavy (non-hydrogen) atoms. The molecule has 0 N–H and O–H groups in total. The van der Waals surface area contributed by atoms with Crippen molar-refractivity contribution in [1.82, 2.24) is 19.9 Å². The van der Waals surface area contributed by atoms with E-state index in [1.807, 2.05) is 73.3 Å². The third-order valence-electron chi connectivity index (χ3n) is 5.87. The Morgan fingerprint density at radius 2 is 0.765 bits per heavy atom. The summed E-state index contributed by atoms with van der Waals surface area (Å²) in [6.07, 6.45) is 7.25. The number of pyridine rings is 2. The van der Waals surface area contributed by atoms with Gasteiger partial charge in [0, 0.05) is 35.9 Å². The first-order valence-corrected chi connectivity index (χ1v) is 11.1. The Labute approximate surface area is 197 Å². The summed E-state index contributed by atoms with van der Waals surface area (Å²) in [5.41, 5.74) is 10.00. The second-order valence-corrected chi connectivity index (χ2v) is 8.04. The Morgan fingerprint density at radius 3 is 1.21 bits per heavy atom. The molecule has 0 amide bonds. The monoisotopic (exact) mass is 436 g/mol. The molecule has 0 aliphatic heterocycles. The number of aromatic nitrogens is 4. The molecule has 0 atom stereocenters. The number of benzene rings is 3. The maximum absolute atomic E-state index is 5.07. The molecule has 0 radical (unpaired) electrons. The van der Waals surface area contributed by atoms with Gasteiger partial charge in [-0.05, 0) is 70.8 Å². The van der Waals surface area contributed by atoms with Crippen LogP contribution in [-0.2, 0) is 0 Å². The summed E-state index contributed by atoms with van der Waals surface area (Å²) >= 11 is 0. The summed E-state index contributed by atoms with van der Waals surface area (Å²) in [7, 11) is 0. The summed E-state index contributed by atoms with van der Waals surface area (Å²) in [6.45, 7) is 0. The fourth-order valence-corrected chi connectivity index (χ4v) is 4.18. The number of para-hydroxylation sites is 2. The second-order valence-electron chi connectivity index (χ2n) is 8.04. The maximum atomic E-state index is 5.07. The van der Waals surface area contributed by atoms with Gasteiger partial charge < -0.3 is 0 Å². The molecule has 0 aliphatic carbocycles. The standard InChI is InChI=1S/C30H20N4/c1-2-10-28-27(9-1)33-29(25-7-3-5-23(19-25)21-11-15-31-16-12-21)30(34-28)26-8-4-6-24(20-26)22-13-17-32-18-14-22/h1-20H. The fraction of sp³-hybridized carbons (Fsp3) is 0. The molecule has 6 aromatic rings. The maximum Gasteiger partial charge on any atom is 0.0973 e. The Bertz CT molecular complexity index is 1470. The molecule has 0 saturated carbocycles. The Balaban J connectivity index is 1.55. The van der Waals surface area contributed by atoms with Crippen LogP contribution >= 0.6 is 0 Å². The minimum atomic E-state index is 0.862. The van der Waals surface area contributed by atoms with Gasteiger partial charge in [0.1, 0.15) is 0 Å². The van der Waals surface area contributed by atoms with Crippen LogP contribution in [0.2, 0.25) is 0 Å². The van der Waals surface area contributed by atoms with Crippen molar-refractivity contribution in [3.63, 3.8) is 0 Å². The van der Waals surface area contributed by atoms with Gasteiger partial charge in [0.2, 0.25) is 0 Å². The van der Waals surface area contributed by atoms with Gasteiger partial charge in [0.05, 0.1) is 22.4 Å². The molecular weight excluding hydrogens is 416 g/mol. The molecule has 0 bridgehead atoms. The van der Waals surface area contributed by atoms with E-state index in [1.54, 1.807) is 0 Å². The fourth-order valence-electron chi connectivity index (χ4n) is 4.18. The van der Waals surface area contributed by atoms with E-state index < -0.39 is 0 Å². The summed E-state index contributed by atoms with van der Waals surface area (Å²) < 4.78 is 0. The third kappa shape index (κ3) is 3.82. The molecule has 3 heterocycles. The van der Waals surface area contributed by atoms with Crippen molar-refractivity contribution in [2.24, 2.45) is 0 Å². The van der Waals surface area contributed by atoms with Crippen LogP contribution in [0.3, 0.4) is 0 Å². The molecule has 4 heteroatoms. The average molecular weight is 437 g/mol. The lowest BCUT2D eigenvalue weighted by Crippen LogP contribution is -1.96. The molecular formula is C30H20N4. The van der Waals surface area contributed by atoms with E-state index in [-0.39, 0.29) is 0 Å².